The monoisotopic (exact) mass is 319 g/mol. The fraction of sp³-hybridized carbons (Fsp3) is 0.400. The minimum Gasteiger partial charge on any atom is -0.327 e. The molecule has 0 saturated heterocycles. The van der Waals surface area contributed by atoms with E-state index in [4.69, 9.17) is 5.73 Å². The summed E-state index contributed by atoms with van der Waals surface area (Å²) in [5.74, 6) is 0.485. The van der Waals surface area contributed by atoms with Crippen LogP contribution >= 0.6 is 15.9 Å². The summed E-state index contributed by atoms with van der Waals surface area (Å²) in [5.41, 5.74) is 11.5. The van der Waals surface area contributed by atoms with Crippen molar-refractivity contribution in [1.82, 2.24) is 9.78 Å². The maximum Gasteiger partial charge on any atom is 0.0738 e. The molecule has 0 spiro atoms. The predicted octanol–water partition coefficient (Wildman–Crippen LogP) is 2.70. The molecule has 1 aliphatic rings. The number of aryl methyl sites for hydroxylation is 2. The van der Waals surface area contributed by atoms with E-state index in [1.54, 1.807) is 0 Å². The van der Waals surface area contributed by atoms with Gasteiger partial charge in [0.05, 0.1) is 15.9 Å². The Morgan fingerprint density at radius 2 is 2.21 bits per heavy atom. The molecule has 0 bridgehead atoms. The first-order valence-corrected chi connectivity index (χ1v) is 7.38. The maximum atomic E-state index is 6.41. The van der Waals surface area contributed by atoms with E-state index >= 15 is 0 Å². The van der Waals surface area contributed by atoms with Crippen LogP contribution in [0.1, 0.15) is 28.4 Å². The zero-order valence-electron chi connectivity index (χ0n) is 11.2. The highest BCUT2D eigenvalue weighted by molar-refractivity contribution is 9.10. The van der Waals surface area contributed by atoms with Gasteiger partial charge in [-0.05, 0) is 40.4 Å². The second-order valence-electron chi connectivity index (χ2n) is 5.35. The molecule has 1 aliphatic carbocycles. The number of nitrogens with zero attached hydrogens (tertiary/aromatic N) is 2. The third kappa shape index (κ3) is 2.13. The zero-order chi connectivity index (χ0) is 13.6. The Labute approximate surface area is 121 Å². The minimum absolute atomic E-state index is 0.154. The number of nitrogens with two attached hydrogens (primary N) is 1. The van der Waals surface area contributed by atoms with Gasteiger partial charge in [0, 0.05) is 25.4 Å². The molecule has 0 saturated carbocycles. The summed E-state index contributed by atoms with van der Waals surface area (Å²) in [6.07, 6.45) is 1.96. The average molecular weight is 320 g/mol. The van der Waals surface area contributed by atoms with Crippen LogP contribution in [0.3, 0.4) is 0 Å². The molecule has 1 aromatic carbocycles. The number of halogens is 1. The largest absolute Gasteiger partial charge is 0.327 e. The van der Waals surface area contributed by atoms with E-state index in [0.717, 1.165) is 23.0 Å². The molecule has 100 valence electrons. The average Bonchev–Trinajstić information content (AvgIpc) is 2.58. The Kier molecular flexibility index (Phi) is 3.23. The van der Waals surface area contributed by atoms with E-state index in [1.807, 2.05) is 18.7 Å². The van der Waals surface area contributed by atoms with Gasteiger partial charge in [0.2, 0.25) is 0 Å². The van der Waals surface area contributed by atoms with Crippen LogP contribution in [0.25, 0.3) is 0 Å². The van der Waals surface area contributed by atoms with Crippen molar-refractivity contribution in [2.24, 2.45) is 12.8 Å². The summed E-state index contributed by atoms with van der Waals surface area (Å²) < 4.78 is 3.03. The van der Waals surface area contributed by atoms with Crippen LogP contribution in [0.15, 0.2) is 28.7 Å². The summed E-state index contributed by atoms with van der Waals surface area (Å²) in [6, 6.07) is 8.75. The number of aromatic nitrogens is 2. The van der Waals surface area contributed by atoms with Crippen molar-refractivity contribution in [3.8, 4) is 0 Å². The fourth-order valence-electron chi connectivity index (χ4n) is 2.95. The molecule has 2 aromatic rings. The summed E-state index contributed by atoms with van der Waals surface area (Å²) in [6.45, 7) is 2.01. The molecular weight excluding hydrogens is 302 g/mol. The van der Waals surface area contributed by atoms with E-state index in [0.29, 0.717) is 5.92 Å². The third-order valence-corrected chi connectivity index (χ3v) is 5.13. The fourth-order valence-corrected chi connectivity index (χ4v) is 3.44. The van der Waals surface area contributed by atoms with Crippen molar-refractivity contribution in [1.29, 1.82) is 0 Å². The number of hydrogen-bond donors (Lipinski definition) is 1. The standard InChI is InChI=1S/C15H18BrN3/c1-9-15(16)14(19(2)18-9)8-13(17)12-7-10-5-3-4-6-11(10)12/h3-6,12-13H,7-8,17H2,1-2H3. The number of benzene rings is 1. The number of hydrogen-bond acceptors (Lipinski definition) is 2. The van der Waals surface area contributed by atoms with Crippen molar-refractivity contribution >= 4 is 15.9 Å². The lowest BCUT2D eigenvalue weighted by Gasteiger charge is -2.34. The Morgan fingerprint density at radius 3 is 2.84 bits per heavy atom. The van der Waals surface area contributed by atoms with Crippen molar-refractivity contribution in [2.45, 2.75) is 31.7 Å². The molecule has 4 heteroatoms. The summed E-state index contributed by atoms with van der Waals surface area (Å²) in [7, 11) is 1.98. The molecule has 0 aliphatic heterocycles. The Bertz CT molecular complexity index is 618. The van der Waals surface area contributed by atoms with Crippen LogP contribution in [-0.2, 0) is 19.9 Å². The van der Waals surface area contributed by atoms with Gasteiger partial charge >= 0.3 is 0 Å². The summed E-state index contributed by atoms with van der Waals surface area (Å²) in [5, 5.41) is 4.43. The van der Waals surface area contributed by atoms with Gasteiger partial charge in [0.25, 0.3) is 0 Å². The first kappa shape index (κ1) is 12.9. The molecule has 0 fully saturated rings. The Balaban J connectivity index is 1.78. The molecule has 1 heterocycles. The minimum atomic E-state index is 0.154. The molecule has 3 rings (SSSR count). The topological polar surface area (TPSA) is 43.8 Å². The van der Waals surface area contributed by atoms with E-state index in [9.17, 15) is 0 Å². The predicted molar refractivity (Wildman–Crippen MR) is 80.2 cm³/mol. The van der Waals surface area contributed by atoms with Crippen LogP contribution in [-0.4, -0.2) is 15.8 Å². The Morgan fingerprint density at radius 1 is 1.47 bits per heavy atom. The second kappa shape index (κ2) is 4.76. The number of rotatable bonds is 3. The van der Waals surface area contributed by atoms with Crippen molar-refractivity contribution in [3.05, 3.63) is 51.3 Å². The second-order valence-corrected chi connectivity index (χ2v) is 6.14. The van der Waals surface area contributed by atoms with Crippen LogP contribution in [0.2, 0.25) is 0 Å². The van der Waals surface area contributed by atoms with Gasteiger partial charge in [-0.25, -0.2) is 0 Å². The van der Waals surface area contributed by atoms with E-state index in [-0.39, 0.29) is 6.04 Å². The Hall–Kier alpha value is -1.13. The number of fused-ring (bicyclic) bond motifs is 1. The molecule has 0 radical (unpaired) electrons. The molecule has 19 heavy (non-hydrogen) atoms. The molecule has 1 aromatic heterocycles. The normalized spacial score (nSPS) is 18.8. The SMILES string of the molecule is Cc1nn(C)c(CC(N)C2Cc3ccccc32)c1Br. The van der Waals surface area contributed by atoms with Gasteiger partial charge in [-0.15, -0.1) is 0 Å². The van der Waals surface area contributed by atoms with Crippen molar-refractivity contribution in [2.75, 3.05) is 0 Å². The molecule has 2 unspecified atom stereocenters. The lowest BCUT2D eigenvalue weighted by Crippen LogP contribution is -2.37. The lowest BCUT2D eigenvalue weighted by atomic mass is 9.73. The van der Waals surface area contributed by atoms with Crippen LogP contribution in [0, 0.1) is 6.92 Å². The quantitative estimate of drug-likeness (QED) is 0.945. The molecule has 3 nitrogen and oxygen atoms in total. The van der Waals surface area contributed by atoms with Crippen LogP contribution in [0.5, 0.6) is 0 Å². The van der Waals surface area contributed by atoms with E-state index in [2.05, 4.69) is 45.3 Å². The van der Waals surface area contributed by atoms with Gasteiger partial charge in [-0.1, -0.05) is 24.3 Å². The van der Waals surface area contributed by atoms with E-state index < -0.39 is 0 Å². The maximum absolute atomic E-state index is 6.41. The van der Waals surface area contributed by atoms with Gasteiger partial charge in [0.1, 0.15) is 0 Å². The highest BCUT2D eigenvalue weighted by atomic mass is 79.9. The first-order chi connectivity index (χ1) is 9.08. The van der Waals surface area contributed by atoms with Crippen LogP contribution in [0.4, 0.5) is 0 Å². The van der Waals surface area contributed by atoms with Crippen LogP contribution < -0.4 is 5.73 Å². The van der Waals surface area contributed by atoms with E-state index in [1.165, 1.54) is 16.8 Å². The highest BCUT2D eigenvalue weighted by Crippen LogP contribution is 2.38. The van der Waals surface area contributed by atoms with Gasteiger partial charge in [-0.2, -0.15) is 5.10 Å². The van der Waals surface area contributed by atoms with Gasteiger partial charge in [0.15, 0.2) is 0 Å². The van der Waals surface area contributed by atoms with Gasteiger partial charge in [-0.3, -0.25) is 4.68 Å². The first-order valence-electron chi connectivity index (χ1n) is 6.59. The van der Waals surface area contributed by atoms with Crippen molar-refractivity contribution < 1.29 is 0 Å². The lowest BCUT2D eigenvalue weighted by molar-refractivity contribution is 0.469. The molecule has 0 amide bonds. The molecule has 2 atom stereocenters. The van der Waals surface area contributed by atoms with Crippen molar-refractivity contribution in [3.63, 3.8) is 0 Å². The highest BCUT2D eigenvalue weighted by Gasteiger charge is 2.31. The van der Waals surface area contributed by atoms with Gasteiger partial charge < -0.3 is 5.73 Å². The summed E-state index contributed by atoms with van der Waals surface area (Å²) in [4.78, 5) is 0. The summed E-state index contributed by atoms with van der Waals surface area (Å²) >= 11 is 3.61. The molecular formula is C15H18BrN3. The zero-order valence-corrected chi connectivity index (χ0v) is 12.8. The smallest absolute Gasteiger partial charge is 0.0738 e. The molecule has 2 N–H and O–H groups in total. The third-order valence-electron chi connectivity index (χ3n) is 4.10.